The first-order valence-electron chi connectivity index (χ1n) is 7.07. The van der Waals surface area contributed by atoms with Crippen LogP contribution in [0.1, 0.15) is 31.6 Å². The highest BCUT2D eigenvalue weighted by molar-refractivity contribution is 7.47. The number of rotatable bonds is 2. The van der Waals surface area contributed by atoms with Gasteiger partial charge in [-0.3, -0.25) is 13.6 Å². The number of aliphatic hydroxyl groups excluding tert-OH is 1. The van der Waals surface area contributed by atoms with E-state index in [-0.39, 0.29) is 18.3 Å². The van der Waals surface area contributed by atoms with Gasteiger partial charge in [0.2, 0.25) is 0 Å². The molecule has 0 aliphatic carbocycles. The summed E-state index contributed by atoms with van der Waals surface area (Å²) in [6.45, 7) is 3.54. The third kappa shape index (κ3) is 2.93. The van der Waals surface area contributed by atoms with E-state index in [1.165, 1.54) is 6.20 Å². The number of anilines is 1. The second kappa shape index (κ2) is 5.66. The highest BCUT2D eigenvalue weighted by atomic mass is 31.2. The minimum absolute atomic E-state index is 0.00687. The van der Waals surface area contributed by atoms with E-state index in [0.29, 0.717) is 5.56 Å². The number of fused-ring (bicyclic) bond motifs is 1. The van der Waals surface area contributed by atoms with Crippen molar-refractivity contribution in [1.29, 1.82) is 0 Å². The van der Waals surface area contributed by atoms with E-state index >= 15 is 0 Å². The molecule has 2 fully saturated rings. The van der Waals surface area contributed by atoms with Gasteiger partial charge in [-0.1, -0.05) is 13.8 Å². The number of nitrogens with zero attached hydrogens (tertiary/aromatic N) is 2. The summed E-state index contributed by atoms with van der Waals surface area (Å²) in [5.74, 6) is 0.123. The third-order valence-corrected chi connectivity index (χ3v) is 4.86. The van der Waals surface area contributed by atoms with E-state index in [0.717, 1.165) is 4.57 Å². The predicted molar refractivity (Wildman–Crippen MR) is 77.6 cm³/mol. The smallest absolute Gasteiger partial charge is 0.386 e. The van der Waals surface area contributed by atoms with Gasteiger partial charge in [-0.2, -0.15) is 4.98 Å². The maximum absolute atomic E-state index is 12.1. The summed E-state index contributed by atoms with van der Waals surface area (Å²) in [4.78, 5) is 25.2. The zero-order valence-electron chi connectivity index (χ0n) is 12.5. The van der Waals surface area contributed by atoms with Gasteiger partial charge in [0, 0.05) is 11.8 Å². The van der Waals surface area contributed by atoms with Crippen molar-refractivity contribution in [2.45, 2.75) is 44.3 Å². The first-order chi connectivity index (χ1) is 10.7. The third-order valence-electron chi connectivity index (χ3n) is 3.87. The SMILES string of the molecule is CC(C)c1cn([C@@H]2O[C@@H]3COP(=O)(O)O[C@H]3[C@H]2O)c(=O)nc1N. The van der Waals surface area contributed by atoms with Crippen LogP contribution in [0.3, 0.4) is 0 Å². The fraction of sp³-hybridized carbons (Fsp3) is 0.667. The standard InChI is InChI=1S/C12H18N3O7P/c1-5(2)6-3-15(12(17)14-10(6)13)11-8(16)9-7(21-11)4-20-23(18,19)22-9/h3,5,7-9,11,16H,4H2,1-2H3,(H,18,19)(H2,13,14,17)/t7-,8-,9-,11-/m1/s1. The highest BCUT2D eigenvalue weighted by Gasteiger charge is 2.52. The number of hydrogen-bond donors (Lipinski definition) is 3. The van der Waals surface area contributed by atoms with Gasteiger partial charge in [0.25, 0.3) is 0 Å². The molecule has 23 heavy (non-hydrogen) atoms. The average Bonchev–Trinajstić information content (AvgIpc) is 2.74. The second-order valence-electron chi connectivity index (χ2n) is 5.82. The Morgan fingerprint density at radius 3 is 2.87 bits per heavy atom. The van der Waals surface area contributed by atoms with Crippen molar-refractivity contribution in [3.8, 4) is 0 Å². The van der Waals surface area contributed by atoms with Crippen molar-refractivity contribution in [2.75, 3.05) is 12.3 Å². The van der Waals surface area contributed by atoms with Gasteiger partial charge in [-0.15, -0.1) is 0 Å². The van der Waals surface area contributed by atoms with Crippen molar-refractivity contribution >= 4 is 13.6 Å². The fourth-order valence-corrected chi connectivity index (χ4v) is 3.65. The number of aliphatic hydroxyl groups is 1. The van der Waals surface area contributed by atoms with E-state index in [2.05, 4.69) is 9.51 Å². The Labute approximate surface area is 131 Å². The second-order valence-corrected chi connectivity index (χ2v) is 7.22. The maximum Gasteiger partial charge on any atom is 0.472 e. The Hall–Kier alpha value is -1.29. The van der Waals surface area contributed by atoms with Crippen LogP contribution in [-0.4, -0.2) is 44.5 Å². The van der Waals surface area contributed by atoms with E-state index in [1.807, 2.05) is 13.8 Å². The molecule has 0 bridgehead atoms. The first-order valence-corrected chi connectivity index (χ1v) is 8.57. The van der Waals surface area contributed by atoms with Crippen LogP contribution in [0.25, 0.3) is 0 Å². The molecule has 2 saturated heterocycles. The minimum atomic E-state index is -4.22. The lowest BCUT2D eigenvalue weighted by molar-refractivity contribution is -0.0685. The molecule has 10 nitrogen and oxygen atoms in total. The maximum atomic E-state index is 12.1. The fourth-order valence-electron chi connectivity index (χ4n) is 2.69. The lowest BCUT2D eigenvalue weighted by Crippen LogP contribution is -2.40. The molecule has 3 rings (SSSR count). The van der Waals surface area contributed by atoms with Crippen LogP contribution in [0.5, 0.6) is 0 Å². The Balaban J connectivity index is 1.96. The molecule has 0 saturated carbocycles. The molecule has 5 atom stereocenters. The predicted octanol–water partition coefficient (Wildman–Crippen LogP) is -0.277. The van der Waals surface area contributed by atoms with Gasteiger partial charge in [0.1, 0.15) is 24.1 Å². The summed E-state index contributed by atoms with van der Waals surface area (Å²) < 4.78 is 27.7. The highest BCUT2D eigenvalue weighted by Crippen LogP contribution is 2.52. The lowest BCUT2D eigenvalue weighted by atomic mass is 10.1. The van der Waals surface area contributed by atoms with Crippen molar-refractivity contribution in [3.63, 3.8) is 0 Å². The molecule has 4 N–H and O–H groups in total. The van der Waals surface area contributed by atoms with Crippen LogP contribution in [0.2, 0.25) is 0 Å². The molecule has 3 heterocycles. The number of hydrogen-bond acceptors (Lipinski definition) is 8. The van der Waals surface area contributed by atoms with Crippen molar-refractivity contribution in [1.82, 2.24) is 9.55 Å². The van der Waals surface area contributed by atoms with E-state index in [9.17, 15) is 19.4 Å². The molecule has 1 aromatic heterocycles. The van der Waals surface area contributed by atoms with E-state index < -0.39 is 38.1 Å². The topological polar surface area (TPSA) is 146 Å². The van der Waals surface area contributed by atoms with Gasteiger partial charge in [-0.25, -0.2) is 9.36 Å². The Bertz CT molecular complexity index is 721. The number of phosphoric acid groups is 1. The van der Waals surface area contributed by atoms with Crippen molar-refractivity contribution in [2.24, 2.45) is 0 Å². The van der Waals surface area contributed by atoms with Crippen LogP contribution in [0.4, 0.5) is 5.82 Å². The van der Waals surface area contributed by atoms with E-state index in [1.54, 1.807) is 0 Å². The molecule has 1 aromatic rings. The molecule has 0 amide bonds. The van der Waals surface area contributed by atoms with Gasteiger partial charge in [0.15, 0.2) is 6.23 Å². The summed E-state index contributed by atoms with van der Waals surface area (Å²) in [6, 6.07) is 0. The normalized spacial score (nSPS) is 37.1. The van der Waals surface area contributed by atoms with Crippen molar-refractivity contribution in [3.05, 3.63) is 22.2 Å². The van der Waals surface area contributed by atoms with E-state index in [4.69, 9.17) is 15.0 Å². The van der Waals surface area contributed by atoms with Gasteiger partial charge in [-0.05, 0) is 5.92 Å². The number of nitrogens with two attached hydrogens (primary N) is 1. The Kier molecular flexibility index (Phi) is 4.07. The number of nitrogen functional groups attached to an aromatic ring is 1. The zero-order valence-corrected chi connectivity index (χ0v) is 13.4. The molecular formula is C12H18N3O7P. The lowest BCUT2D eigenvalue weighted by Gasteiger charge is -2.27. The Morgan fingerprint density at radius 2 is 2.22 bits per heavy atom. The van der Waals surface area contributed by atoms with Gasteiger partial charge < -0.3 is 20.5 Å². The molecule has 11 heteroatoms. The molecule has 0 radical (unpaired) electrons. The summed E-state index contributed by atoms with van der Waals surface area (Å²) in [7, 11) is -4.22. The molecule has 2 aliphatic rings. The Morgan fingerprint density at radius 1 is 1.52 bits per heavy atom. The zero-order chi connectivity index (χ0) is 16.9. The van der Waals surface area contributed by atoms with Crippen LogP contribution in [0.15, 0.2) is 11.0 Å². The molecular weight excluding hydrogens is 329 g/mol. The van der Waals surface area contributed by atoms with Crippen LogP contribution in [0, 0.1) is 0 Å². The summed E-state index contributed by atoms with van der Waals surface area (Å²) in [5.41, 5.74) is 5.67. The summed E-state index contributed by atoms with van der Waals surface area (Å²) in [5, 5.41) is 10.3. The van der Waals surface area contributed by atoms with Crippen LogP contribution in [-0.2, 0) is 18.3 Å². The largest absolute Gasteiger partial charge is 0.472 e. The minimum Gasteiger partial charge on any atom is -0.386 e. The monoisotopic (exact) mass is 347 g/mol. The van der Waals surface area contributed by atoms with Crippen LogP contribution < -0.4 is 11.4 Å². The molecule has 128 valence electrons. The average molecular weight is 347 g/mol. The number of aromatic nitrogens is 2. The number of phosphoric ester groups is 1. The molecule has 0 spiro atoms. The molecule has 1 unspecified atom stereocenters. The summed E-state index contributed by atoms with van der Waals surface area (Å²) in [6.07, 6.45) is -2.80. The van der Waals surface area contributed by atoms with Gasteiger partial charge in [0.05, 0.1) is 6.61 Å². The molecule has 0 aromatic carbocycles. The molecule has 2 aliphatic heterocycles. The van der Waals surface area contributed by atoms with Gasteiger partial charge >= 0.3 is 13.5 Å². The number of ether oxygens (including phenoxy) is 1. The van der Waals surface area contributed by atoms with Crippen molar-refractivity contribution < 1.29 is 28.3 Å². The first kappa shape index (κ1) is 16.6. The van der Waals surface area contributed by atoms with Crippen LogP contribution >= 0.6 is 7.82 Å². The quantitative estimate of drug-likeness (QED) is 0.615. The summed E-state index contributed by atoms with van der Waals surface area (Å²) >= 11 is 0.